The van der Waals surface area contributed by atoms with Crippen molar-refractivity contribution in [2.75, 3.05) is 26.2 Å². The highest BCUT2D eigenvalue weighted by Crippen LogP contribution is 2.30. The summed E-state index contributed by atoms with van der Waals surface area (Å²) in [4.78, 5) is 14.3. The Morgan fingerprint density at radius 1 is 1.19 bits per heavy atom. The summed E-state index contributed by atoms with van der Waals surface area (Å²) in [6, 6.07) is 11.4. The Bertz CT molecular complexity index is 922. The van der Waals surface area contributed by atoms with Gasteiger partial charge in [-0.3, -0.25) is 9.69 Å². The molecule has 0 aliphatic carbocycles. The van der Waals surface area contributed by atoms with E-state index in [-0.39, 0.29) is 12.1 Å². The Kier molecular flexibility index (Phi) is 8.45. The number of ether oxygens (including phenoxy) is 3. The first kappa shape index (κ1) is 24.8. The van der Waals surface area contributed by atoms with E-state index in [0.717, 1.165) is 35.5 Å². The molecule has 0 radical (unpaired) electrons. The monoisotopic (exact) mass is 479 g/mol. The summed E-state index contributed by atoms with van der Waals surface area (Å²) >= 11 is 12.5. The normalized spacial score (nSPS) is 17.2. The van der Waals surface area contributed by atoms with Crippen LogP contribution >= 0.6 is 23.2 Å². The van der Waals surface area contributed by atoms with Crippen molar-refractivity contribution < 1.29 is 19.0 Å². The van der Waals surface area contributed by atoms with Crippen molar-refractivity contribution in [3.05, 3.63) is 63.1 Å². The lowest BCUT2D eigenvalue weighted by molar-refractivity contribution is -0.155. The molecule has 1 aliphatic heterocycles. The molecule has 1 fully saturated rings. The molecule has 3 rings (SSSR count). The maximum Gasteiger partial charge on any atom is 0.307 e. The number of esters is 1. The second-order valence-corrected chi connectivity index (χ2v) is 9.82. The molecule has 0 aromatic heterocycles. The van der Waals surface area contributed by atoms with Crippen LogP contribution in [-0.4, -0.2) is 42.7 Å². The van der Waals surface area contributed by atoms with Crippen LogP contribution in [0.3, 0.4) is 0 Å². The molecule has 7 heteroatoms. The molecule has 0 N–H and O–H groups in total. The largest absolute Gasteiger partial charge is 0.489 e. The van der Waals surface area contributed by atoms with Crippen molar-refractivity contribution >= 4 is 29.2 Å². The van der Waals surface area contributed by atoms with E-state index in [4.69, 9.17) is 37.4 Å². The zero-order valence-electron chi connectivity index (χ0n) is 19.1. The van der Waals surface area contributed by atoms with Crippen LogP contribution in [0.5, 0.6) is 5.75 Å². The van der Waals surface area contributed by atoms with Gasteiger partial charge in [-0.1, -0.05) is 35.3 Å². The highest BCUT2D eigenvalue weighted by atomic mass is 35.5. The van der Waals surface area contributed by atoms with Crippen LogP contribution in [-0.2, 0) is 20.9 Å². The van der Waals surface area contributed by atoms with Crippen molar-refractivity contribution in [3.63, 3.8) is 0 Å². The Hall–Kier alpha value is -1.79. The van der Waals surface area contributed by atoms with Gasteiger partial charge in [0.2, 0.25) is 0 Å². The van der Waals surface area contributed by atoms with Crippen molar-refractivity contribution in [1.29, 1.82) is 0 Å². The molecular weight excluding hydrogens is 449 g/mol. The lowest BCUT2D eigenvalue weighted by atomic mass is 10.0. The van der Waals surface area contributed by atoms with E-state index in [1.165, 1.54) is 0 Å². The van der Waals surface area contributed by atoms with Crippen LogP contribution < -0.4 is 4.74 Å². The average molecular weight is 480 g/mol. The molecule has 2 aromatic rings. The van der Waals surface area contributed by atoms with Gasteiger partial charge >= 0.3 is 5.97 Å². The number of morpholine rings is 1. The number of hydrogen-bond acceptors (Lipinski definition) is 5. The molecule has 1 unspecified atom stereocenters. The minimum atomic E-state index is -0.456. The smallest absolute Gasteiger partial charge is 0.307 e. The minimum Gasteiger partial charge on any atom is -0.489 e. The van der Waals surface area contributed by atoms with E-state index >= 15 is 0 Å². The zero-order valence-corrected chi connectivity index (χ0v) is 20.6. The Morgan fingerprint density at radius 2 is 1.91 bits per heavy atom. The maximum atomic E-state index is 12.0. The summed E-state index contributed by atoms with van der Waals surface area (Å²) in [5.74, 6) is 0.580. The van der Waals surface area contributed by atoms with Gasteiger partial charge in [0, 0.05) is 35.2 Å². The first-order chi connectivity index (χ1) is 15.1. The van der Waals surface area contributed by atoms with E-state index in [9.17, 15) is 4.79 Å². The summed E-state index contributed by atoms with van der Waals surface area (Å²) in [7, 11) is 0. The van der Waals surface area contributed by atoms with Gasteiger partial charge in [0.1, 0.15) is 18.0 Å². The Morgan fingerprint density at radius 3 is 2.56 bits per heavy atom. The molecule has 0 bridgehead atoms. The van der Waals surface area contributed by atoms with E-state index < -0.39 is 5.60 Å². The third kappa shape index (κ3) is 7.11. The molecule has 1 saturated heterocycles. The topological polar surface area (TPSA) is 48.0 Å². The van der Waals surface area contributed by atoms with Gasteiger partial charge in [-0.25, -0.2) is 0 Å². The van der Waals surface area contributed by atoms with E-state index in [2.05, 4.69) is 4.90 Å². The molecule has 5 nitrogen and oxygen atoms in total. The Balaban J connectivity index is 1.57. The van der Waals surface area contributed by atoms with Gasteiger partial charge in [-0.2, -0.15) is 0 Å². The lowest BCUT2D eigenvalue weighted by Gasteiger charge is -2.33. The lowest BCUT2D eigenvalue weighted by Crippen LogP contribution is -2.40. The number of carbonyl (C=O) groups excluding carboxylic acids is 1. The zero-order chi connectivity index (χ0) is 23.3. The first-order valence-electron chi connectivity index (χ1n) is 10.8. The molecule has 1 atom stereocenters. The SMILES string of the molecule is Cc1cc(OCc2c(Cl)cccc2Cl)ccc1C1CN(CCC(=O)OC(C)(C)C)CCO1. The van der Waals surface area contributed by atoms with Crippen molar-refractivity contribution in [2.45, 2.75) is 52.4 Å². The van der Waals surface area contributed by atoms with Gasteiger partial charge in [-0.15, -0.1) is 0 Å². The highest BCUT2D eigenvalue weighted by molar-refractivity contribution is 6.35. The fraction of sp³-hybridized carbons (Fsp3) is 0.480. The van der Waals surface area contributed by atoms with E-state index in [1.807, 2.05) is 52.0 Å². The van der Waals surface area contributed by atoms with Crippen LogP contribution in [0.1, 0.15) is 50.0 Å². The highest BCUT2D eigenvalue weighted by Gasteiger charge is 2.25. The van der Waals surface area contributed by atoms with Crippen LogP contribution in [0, 0.1) is 6.92 Å². The van der Waals surface area contributed by atoms with E-state index in [1.54, 1.807) is 12.1 Å². The van der Waals surface area contributed by atoms with Gasteiger partial charge in [0.25, 0.3) is 0 Å². The van der Waals surface area contributed by atoms with Crippen molar-refractivity contribution in [3.8, 4) is 5.75 Å². The Labute approximate surface area is 200 Å². The molecule has 0 amide bonds. The quantitative estimate of drug-likeness (QED) is 0.456. The van der Waals surface area contributed by atoms with Gasteiger partial charge in [0.15, 0.2) is 0 Å². The summed E-state index contributed by atoms with van der Waals surface area (Å²) in [5, 5.41) is 1.18. The van der Waals surface area contributed by atoms with Crippen LogP contribution in [0.2, 0.25) is 10.0 Å². The molecule has 1 aliphatic rings. The fourth-order valence-electron chi connectivity index (χ4n) is 3.66. The van der Waals surface area contributed by atoms with Gasteiger partial charge in [-0.05, 0) is 63.1 Å². The molecule has 1 heterocycles. The first-order valence-corrected chi connectivity index (χ1v) is 11.6. The summed E-state index contributed by atoms with van der Waals surface area (Å²) in [5.41, 5.74) is 2.53. The van der Waals surface area contributed by atoms with Crippen LogP contribution in [0.4, 0.5) is 0 Å². The molecule has 174 valence electrons. The third-order valence-corrected chi connectivity index (χ3v) is 5.94. The number of halogens is 2. The summed E-state index contributed by atoms with van der Waals surface area (Å²) in [6.07, 6.45) is 0.329. The second kappa shape index (κ2) is 10.9. The number of aryl methyl sites for hydroxylation is 1. The number of rotatable bonds is 7. The van der Waals surface area contributed by atoms with Crippen molar-refractivity contribution in [1.82, 2.24) is 4.90 Å². The maximum absolute atomic E-state index is 12.0. The second-order valence-electron chi connectivity index (χ2n) is 9.00. The number of carbonyl (C=O) groups is 1. The summed E-state index contributed by atoms with van der Waals surface area (Å²) < 4.78 is 17.4. The van der Waals surface area contributed by atoms with Gasteiger partial charge in [0.05, 0.1) is 19.1 Å². The molecule has 0 saturated carbocycles. The molecular formula is C25H31Cl2NO4. The van der Waals surface area contributed by atoms with Crippen LogP contribution in [0.25, 0.3) is 0 Å². The number of nitrogens with zero attached hydrogens (tertiary/aromatic N) is 1. The minimum absolute atomic E-state index is 0.0468. The standard InChI is InChI=1S/C25H31Cl2NO4/c1-17-14-18(31-16-20-21(26)6-5-7-22(20)27)8-9-19(17)23-15-28(12-13-30-23)11-10-24(29)32-25(2,3)4/h5-9,14,23H,10-13,15-16H2,1-4H3. The fourth-order valence-corrected chi connectivity index (χ4v) is 4.17. The predicted octanol–water partition coefficient (Wildman–Crippen LogP) is 5.99. The molecule has 2 aromatic carbocycles. The average Bonchev–Trinajstić information content (AvgIpc) is 2.71. The van der Waals surface area contributed by atoms with Gasteiger partial charge < -0.3 is 14.2 Å². The number of benzene rings is 2. The molecule has 0 spiro atoms. The predicted molar refractivity (Wildman–Crippen MR) is 128 cm³/mol. The third-order valence-electron chi connectivity index (χ3n) is 5.24. The van der Waals surface area contributed by atoms with Crippen molar-refractivity contribution in [2.24, 2.45) is 0 Å². The number of hydrogen-bond donors (Lipinski definition) is 0. The van der Waals surface area contributed by atoms with Crippen LogP contribution in [0.15, 0.2) is 36.4 Å². The van der Waals surface area contributed by atoms with E-state index in [0.29, 0.717) is 36.2 Å². The molecule has 32 heavy (non-hydrogen) atoms. The summed E-state index contributed by atoms with van der Waals surface area (Å²) in [6.45, 7) is 10.8.